The molecular formula is C15H21ClN2O3. The van der Waals surface area contributed by atoms with E-state index in [-0.39, 0.29) is 24.4 Å². The molecule has 0 spiro atoms. The summed E-state index contributed by atoms with van der Waals surface area (Å²) >= 11 is 0. The maximum atomic E-state index is 12.6. The summed E-state index contributed by atoms with van der Waals surface area (Å²) < 4.78 is 5.16. The van der Waals surface area contributed by atoms with Crippen molar-refractivity contribution < 1.29 is 14.3 Å². The Balaban J connectivity index is 0.00000220. The van der Waals surface area contributed by atoms with Crippen LogP contribution in [-0.2, 0) is 4.74 Å². The summed E-state index contributed by atoms with van der Waals surface area (Å²) in [7, 11) is 1.64. The Labute approximate surface area is 130 Å². The van der Waals surface area contributed by atoms with E-state index < -0.39 is 5.91 Å². The van der Waals surface area contributed by atoms with Gasteiger partial charge in [-0.3, -0.25) is 9.59 Å². The highest BCUT2D eigenvalue weighted by Gasteiger charge is 2.29. The summed E-state index contributed by atoms with van der Waals surface area (Å²) in [4.78, 5) is 25.7. The molecule has 1 fully saturated rings. The third-order valence-electron chi connectivity index (χ3n) is 3.61. The van der Waals surface area contributed by atoms with Gasteiger partial charge >= 0.3 is 0 Å². The lowest BCUT2D eigenvalue weighted by Crippen LogP contribution is -2.38. The van der Waals surface area contributed by atoms with Gasteiger partial charge in [0.15, 0.2) is 0 Å². The molecule has 116 valence electrons. The average Bonchev–Trinajstić information content (AvgIpc) is 2.85. The maximum absolute atomic E-state index is 12.6. The summed E-state index contributed by atoms with van der Waals surface area (Å²) in [6, 6.07) is 5.16. The van der Waals surface area contributed by atoms with Crippen molar-refractivity contribution >= 4 is 24.2 Å². The molecule has 1 aromatic carbocycles. The highest BCUT2D eigenvalue weighted by molar-refractivity contribution is 5.99. The molecule has 1 aromatic rings. The molecule has 21 heavy (non-hydrogen) atoms. The van der Waals surface area contributed by atoms with Crippen molar-refractivity contribution in [3.8, 4) is 0 Å². The molecule has 2 rings (SSSR count). The zero-order valence-corrected chi connectivity index (χ0v) is 13.1. The normalized spacial score (nSPS) is 17.4. The number of methoxy groups -OCH3 is 1. The molecule has 5 nitrogen and oxygen atoms in total. The van der Waals surface area contributed by atoms with Crippen LogP contribution in [0.15, 0.2) is 18.2 Å². The van der Waals surface area contributed by atoms with Crippen LogP contribution in [0.1, 0.15) is 39.1 Å². The van der Waals surface area contributed by atoms with E-state index in [1.807, 2.05) is 11.8 Å². The number of nitrogens with zero attached hydrogens (tertiary/aromatic N) is 1. The van der Waals surface area contributed by atoms with Gasteiger partial charge in [0, 0.05) is 24.8 Å². The van der Waals surface area contributed by atoms with Gasteiger partial charge in [-0.2, -0.15) is 0 Å². The molecule has 0 aromatic heterocycles. The first-order valence-corrected chi connectivity index (χ1v) is 6.74. The Morgan fingerprint density at radius 2 is 2.00 bits per heavy atom. The third-order valence-corrected chi connectivity index (χ3v) is 3.61. The Morgan fingerprint density at radius 3 is 2.62 bits per heavy atom. The van der Waals surface area contributed by atoms with Gasteiger partial charge in [0.25, 0.3) is 5.91 Å². The predicted molar refractivity (Wildman–Crippen MR) is 82.9 cm³/mol. The van der Waals surface area contributed by atoms with E-state index >= 15 is 0 Å². The highest BCUT2D eigenvalue weighted by Crippen LogP contribution is 2.21. The number of primary amides is 1. The molecule has 6 heteroatoms. The van der Waals surface area contributed by atoms with E-state index in [2.05, 4.69) is 0 Å². The molecule has 1 saturated heterocycles. The number of likely N-dealkylation sites (tertiary alicyclic amines) is 1. The van der Waals surface area contributed by atoms with Gasteiger partial charge in [-0.05, 0) is 43.5 Å². The largest absolute Gasteiger partial charge is 0.383 e. The summed E-state index contributed by atoms with van der Waals surface area (Å²) in [6.07, 6.45) is 1.93. The number of carbonyl (C=O) groups is 2. The lowest BCUT2D eigenvalue weighted by Gasteiger charge is -2.24. The van der Waals surface area contributed by atoms with Gasteiger partial charge in [0.1, 0.15) is 0 Å². The fraction of sp³-hybridized carbons (Fsp3) is 0.467. The molecule has 1 aliphatic heterocycles. The van der Waals surface area contributed by atoms with Gasteiger partial charge < -0.3 is 15.4 Å². The van der Waals surface area contributed by atoms with Crippen molar-refractivity contribution in [3.63, 3.8) is 0 Å². The molecular weight excluding hydrogens is 292 g/mol. The average molecular weight is 313 g/mol. The molecule has 0 bridgehead atoms. The van der Waals surface area contributed by atoms with E-state index in [1.165, 1.54) is 0 Å². The quantitative estimate of drug-likeness (QED) is 0.921. The van der Waals surface area contributed by atoms with Gasteiger partial charge in [-0.25, -0.2) is 0 Å². The van der Waals surface area contributed by atoms with Crippen molar-refractivity contribution in [2.75, 3.05) is 20.3 Å². The van der Waals surface area contributed by atoms with Crippen LogP contribution in [0.2, 0.25) is 0 Å². The van der Waals surface area contributed by atoms with Crippen LogP contribution in [0.4, 0.5) is 0 Å². The van der Waals surface area contributed by atoms with Gasteiger partial charge in [-0.15, -0.1) is 12.4 Å². The van der Waals surface area contributed by atoms with E-state index in [4.69, 9.17) is 10.5 Å². The highest BCUT2D eigenvalue weighted by atomic mass is 35.5. The lowest BCUT2D eigenvalue weighted by molar-refractivity contribution is 0.0630. The number of hydrogen-bond acceptors (Lipinski definition) is 3. The minimum absolute atomic E-state index is 0. The second-order valence-electron chi connectivity index (χ2n) is 5.20. The lowest BCUT2D eigenvalue weighted by atomic mass is 10.0. The molecule has 1 heterocycles. The maximum Gasteiger partial charge on any atom is 0.254 e. The molecule has 0 unspecified atom stereocenters. The van der Waals surface area contributed by atoms with Crippen molar-refractivity contribution in [1.82, 2.24) is 4.90 Å². The number of halogens is 1. The molecule has 0 saturated carbocycles. The standard InChI is InChI=1S/C15H20N2O3.ClH/c1-10-6-11(14(16)18)8-12(7-10)15(19)17-5-3-4-13(17)9-20-2;/h6-8,13H,3-5,9H2,1-2H3,(H2,16,18);1H/t13-;/m1./s1. The van der Waals surface area contributed by atoms with Crippen molar-refractivity contribution in [1.29, 1.82) is 0 Å². The van der Waals surface area contributed by atoms with Crippen LogP contribution in [0.25, 0.3) is 0 Å². The second kappa shape index (κ2) is 7.43. The zero-order chi connectivity index (χ0) is 14.7. The van der Waals surface area contributed by atoms with Gasteiger partial charge in [0.2, 0.25) is 5.91 Å². The Bertz CT molecular complexity index is 534. The Morgan fingerprint density at radius 1 is 1.33 bits per heavy atom. The number of nitrogens with two attached hydrogens (primary N) is 1. The smallest absolute Gasteiger partial charge is 0.254 e. The van der Waals surface area contributed by atoms with Crippen molar-refractivity contribution in [3.05, 3.63) is 34.9 Å². The summed E-state index contributed by atoms with van der Waals surface area (Å²) in [6.45, 7) is 3.12. The minimum atomic E-state index is -0.516. The number of carbonyl (C=O) groups excluding carboxylic acids is 2. The molecule has 1 atom stereocenters. The summed E-state index contributed by atoms with van der Waals surface area (Å²) in [5, 5.41) is 0. The third kappa shape index (κ3) is 3.95. The number of benzene rings is 1. The summed E-state index contributed by atoms with van der Waals surface area (Å²) in [5.41, 5.74) is 7.04. The molecule has 0 radical (unpaired) electrons. The number of rotatable bonds is 4. The Kier molecular flexibility index (Phi) is 6.18. The number of ether oxygens (including phenoxy) is 1. The fourth-order valence-corrected chi connectivity index (χ4v) is 2.68. The van der Waals surface area contributed by atoms with Crippen molar-refractivity contribution in [2.45, 2.75) is 25.8 Å². The van der Waals surface area contributed by atoms with Crippen LogP contribution in [-0.4, -0.2) is 43.0 Å². The number of aryl methyl sites for hydroxylation is 1. The molecule has 2 amide bonds. The molecule has 0 aliphatic carbocycles. The van der Waals surface area contributed by atoms with Crippen LogP contribution in [0, 0.1) is 6.92 Å². The van der Waals surface area contributed by atoms with E-state index in [1.54, 1.807) is 25.3 Å². The van der Waals surface area contributed by atoms with Gasteiger partial charge in [-0.1, -0.05) is 0 Å². The van der Waals surface area contributed by atoms with E-state index in [0.717, 1.165) is 24.9 Å². The van der Waals surface area contributed by atoms with Crippen LogP contribution in [0.5, 0.6) is 0 Å². The molecule has 1 aliphatic rings. The van der Waals surface area contributed by atoms with Crippen LogP contribution >= 0.6 is 12.4 Å². The molecule has 2 N–H and O–H groups in total. The van der Waals surface area contributed by atoms with Crippen molar-refractivity contribution in [2.24, 2.45) is 5.73 Å². The summed E-state index contributed by atoms with van der Waals surface area (Å²) in [5.74, 6) is -0.576. The van der Waals surface area contributed by atoms with Crippen LogP contribution in [0.3, 0.4) is 0 Å². The second-order valence-corrected chi connectivity index (χ2v) is 5.20. The fourth-order valence-electron chi connectivity index (χ4n) is 2.68. The predicted octanol–water partition coefficient (Wildman–Crippen LogP) is 1.77. The number of hydrogen-bond donors (Lipinski definition) is 1. The number of amides is 2. The SMILES string of the molecule is COC[C@H]1CCCN1C(=O)c1cc(C)cc(C(N)=O)c1.Cl. The topological polar surface area (TPSA) is 72.6 Å². The van der Waals surface area contributed by atoms with Gasteiger partial charge in [0.05, 0.1) is 12.6 Å². The Hall–Kier alpha value is -1.59. The first kappa shape index (κ1) is 17.5. The monoisotopic (exact) mass is 312 g/mol. The zero-order valence-electron chi connectivity index (χ0n) is 12.3. The van der Waals surface area contributed by atoms with Crippen LogP contribution < -0.4 is 5.73 Å². The minimum Gasteiger partial charge on any atom is -0.383 e. The first-order chi connectivity index (χ1) is 9.52. The van der Waals surface area contributed by atoms with E-state index in [9.17, 15) is 9.59 Å². The van der Waals surface area contributed by atoms with E-state index in [0.29, 0.717) is 17.7 Å². The first-order valence-electron chi connectivity index (χ1n) is 6.74.